The van der Waals surface area contributed by atoms with E-state index in [1.807, 2.05) is 0 Å². The number of fused-ring (bicyclic) bond motifs is 3. The van der Waals surface area contributed by atoms with Crippen molar-refractivity contribution < 1.29 is 4.74 Å². The third kappa shape index (κ3) is 2.57. The smallest absolute Gasteiger partial charge is 0.149 e. The fourth-order valence-corrected chi connectivity index (χ4v) is 6.03. The fraction of sp³-hybridized carbons (Fsp3) is 0.267. The molecule has 0 amide bonds. The van der Waals surface area contributed by atoms with E-state index in [9.17, 15) is 0 Å². The number of nitrogens with zero attached hydrogens (tertiary/aromatic N) is 3. The zero-order chi connectivity index (χ0) is 23.8. The molecule has 0 saturated heterocycles. The maximum Gasteiger partial charge on any atom is 0.149 e. The van der Waals surface area contributed by atoms with Crippen molar-refractivity contribution in [2.75, 3.05) is 19.0 Å². The molecule has 0 unspecified atom stereocenters. The summed E-state index contributed by atoms with van der Waals surface area (Å²) in [6.45, 7) is 5.05. The molecular formula is C30H31N3O. The van der Waals surface area contributed by atoms with Gasteiger partial charge in [-0.15, -0.1) is 0 Å². The molecule has 6 rings (SSSR count). The third-order valence-corrected chi connectivity index (χ3v) is 7.94. The Bertz CT molecular complexity index is 1500. The SMILES string of the molecule is Cc1c(C2(c3c(C)n(C)c4ccccc34)OCc3ccc(N(C)C)cc32)c2ccccc2n1C. The maximum absolute atomic E-state index is 7.08. The zero-order valence-corrected chi connectivity index (χ0v) is 20.8. The molecule has 0 bridgehead atoms. The number of ether oxygens (including phenoxy) is 1. The lowest BCUT2D eigenvalue weighted by Gasteiger charge is -2.33. The van der Waals surface area contributed by atoms with Gasteiger partial charge in [-0.1, -0.05) is 42.5 Å². The van der Waals surface area contributed by atoms with Gasteiger partial charge in [0.1, 0.15) is 5.60 Å². The summed E-state index contributed by atoms with van der Waals surface area (Å²) in [6, 6.07) is 24.2. The highest BCUT2D eigenvalue weighted by Crippen LogP contribution is 2.54. The molecule has 0 fully saturated rings. The molecule has 172 valence electrons. The van der Waals surface area contributed by atoms with E-state index in [0.29, 0.717) is 6.61 Å². The molecule has 0 atom stereocenters. The minimum absolute atomic E-state index is 0.592. The molecule has 34 heavy (non-hydrogen) atoms. The number of aromatic nitrogens is 2. The number of para-hydroxylation sites is 2. The van der Waals surface area contributed by atoms with Crippen molar-refractivity contribution in [2.24, 2.45) is 14.1 Å². The highest BCUT2D eigenvalue weighted by molar-refractivity contribution is 5.93. The predicted molar refractivity (Wildman–Crippen MR) is 141 cm³/mol. The van der Waals surface area contributed by atoms with Crippen LogP contribution in [0.1, 0.15) is 33.6 Å². The van der Waals surface area contributed by atoms with E-state index in [0.717, 1.165) is 0 Å². The number of hydrogen-bond acceptors (Lipinski definition) is 2. The average Bonchev–Trinajstić information content (AvgIpc) is 3.43. The molecule has 0 N–H and O–H groups in total. The van der Waals surface area contributed by atoms with Crippen LogP contribution in [-0.4, -0.2) is 23.2 Å². The first-order valence-corrected chi connectivity index (χ1v) is 11.9. The van der Waals surface area contributed by atoms with Crippen LogP contribution >= 0.6 is 0 Å². The topological polar surface area (TPSA) is 22.3 Å². The number of benzene rings is 3. The molecule has 0 spiro atoms. The van der Waals surface area contributed by atoms with Crippen molar-refractivity contribution >= 4 is 27.5 Å². The summed E-state index contributed by atoms with van der Waals surface area (Å²) in [4.78, 5) is 2.18. The monoisotopic (exact) mass is 449 g/mol. The molecule has 0 aliphatic carbocycles. The molecule has 3 heterocycles. The van der Waals surface area contributed by atoms with Crippen LogP contribution in [-0.2, 0) is 31.0 Å². The van der Waals surface area contributed by atoms with Gasteiger partial charge < -0.3 is 18.8 Å². The maximum atomic E-state index is 7.08. The Morgan fingerprint density at radius 3 is 1.82 bits per heavy atom. The quantitative estimate of drug-likeness (QED) is 0.328. The highest BCUT2D eigenvalue weighted by Gasteiger charge is 2.49. The van der Waals surface area contributed by atoms with Gasteiger partial charge in [-0.25, -0.2) is 0 Å². The molecule has 5 aromatic rings. The lowest BCUT2D eigenvalue weighted by molar-refractivity contribution is 0.0277. The van der Waals surface area contributed by atoms with E-state index in [1.54, 1.807) is 0 Å². The molecule has 1 aliphatic heterocycles. The number of rotatable bonds is 3. The van der Waals surface area contributed by atoms with Crippen LogP contribution in [0.25, 0.3) is 21.8 Å². The summed E-state index contributed by atoms with van der Waals surface area (Å²) in [7, 11) is 8.53. The summed E-state index contributed by atoms with van der Waals surface area (Å²) in [6.07, 6.45) is 0. The van der Waals surface area contributed by atoms with Crippen LogP contribution < -0.4 is 4.90 Å². The van der Waals surface area contributed by atoms with Crippen LogP contribution in [0.4, 0.5) is 5.69 Å². The first-order chi connectivity index (χ1) is 16.4. The van der Waals surface area contributed by atoms with Crippen LogP contribution in [0, 0.1) is 13.8 Å². The minimum atomic E-state index is -0.697. The van der Waals surface area contributed by atoms with Gasteiger partial charge in [0.05, 0.1) is 6.61 Å². The van der Waals surface area contributed by atoms with Gasteiger partial charge in [-0.3, -0.25) is 0 Å². The Kier molecular flexibility index (Phi) is 4.49. The molecular weight excluding hydrogens is 418 g/mol. The van der Waals surface area contributed by atoms with Crippen molar-refractivity contribution in [2.45, 2.75) is 26.1 Å². The van der Waals surface area contributed by atoms with E-state index in [4.69, 9.17) is 4.74 Å². The fourth-order valence-electron chi connectivity index (χ4n) is 6.03. The minimum Gasteiger partial charge on any atom is -0.378 e. The first-order valence-electron chi connectivity index (χ1n) is 11.9. The number of aryl methyl sites for hydroxylation is 2. The van der Waals surface area contributed by atoms with Crippen LogP contribution in [0.15, 0.2) is 66.7 Å². The molecule has 1 aliphatic rings. The Hall–Kier alpha value is -3.50. The summed E-state index contributed by atoms with van der Waals surface area (Å²) in [5, 5.41) is 2.50. The second-order valence-corrected chi connectivity index (χ2v) is 9.78. The molecule has 4 heteroatoms. The van der Waals surface area contributed by atoms with Crippen LogP contribution in [0.3, 0.4) is 0 Å². The summed E-state index contributed by atoms with van der Waals surface area (Å²) in [5.41, 5.74) is 10.4. The van der Waals surface area contributed by atoms with Crippen molar-refractivity contribution in [3.05, 3.63) is 100 Å². The Balaban J connectivity index is 1.83. The standard InChI is InChI=1S/C30H31N3O/c1-19-28(23-11-7-9-13-26(23)32(19)5)30(25-17-22(31(3)4)16-15-21(25)18-34-30)29-20(2)33(6)27-14-10-8-12-24(27)29/h7-17H,18H2,1-6H3. The van der Waals surface area contributed by atoms with Gasteiger partial charge in [0.25, 0.3) is 0 Å². The summed E-state index contributed by atoms with van der Waals surface area (Å²) < 4.78 is 11.7. The Morgan fingerprint density at radius 2 is 1.29 bits per heavy atom. The highest BCUT2D eigenvalue weighted by atomic mass is 16.5. The zero-order valence-electron chi connectivity index (χ0n) is 20.8. The van der Waals surface area contributed by atoms with E-state index < -0.39 is 5.60 Å². The van der Waals surface area contributed by atoms with Crippen molar-refractivity contribution in [3.8, 4) is 0 Å². The van der Waals surface area contributed by atoms with Gasteiger partial charge in [0, 0.05) is 83.8 Å². The van der Waals surface area contributed by atoms with Crippen molar-refractivity contribution in [1.82, 2.24) is 9.13 Å². The largest absolute Gasteiger partial charge is 0.378 e. The average molecular weight is 450 g/mol. The van der Waals surface area contributed by atoms with Crippen LogP contribution in [0.5, 0.6) is 0 Å². The Morgan fingerprint density at radius 1 is 0.765 bits per heavy atom. The van der Waals surface area contributed by atoms with Gasteiger partial charge >= 0.3 is 0 Å². The van der Waals surface area contributed by atoms with Gasteiger partial charge in [-0.2, -0.15) is 0 Å². The second kappa shape index (κ2) is 7.25. The third-order valence-electron chi connectivity index (χ3n) is 7.94. The van der Waals surface area contributed by atoms with E-state index in [-0.39, 0.29) is 0 Å². The second-order valence-electron chi connectivity index (χ2n) is 9.78. The normalized spacial score (nSPS) is 14.8. The van der Waals surface area contributed by atoms with E-state index in [1.165, 1.54) is 61.1 Å². The van der Waals surface area contributed by atoms with Gasteiger partial charge in [-0.05, 0) is 43.7 Å². The van der Waals surface area contributed by atoms with Crippen LogP contribution in [0.2, 0.25) is 0 Å². The number of anilines is 1. The van der Waals surface area contributed by atoms with Crippen molar-refractivity contribution in [3.63, 3.8) is 0 Å². The van der Waals surface area contributed by atoms with Gasteiger partial charge in [0.15, 0.2) is 0 Å². The molecule has 3 aromatic carbocycles. The summed E-state index contributed by atoms with van der Waals surface area (Å²) in [5.74, 6) is 0. The molecule has 2 aromatic heterocycles. The molecule has 0 radical (unpaired) electrons. The molecule has 4 nitrogen and oxygen atoms in total. The lowest BCUT2D eigenvalue weighted by atomic mass is 9.77. The molecule has 0 saturated carbocycles. The van der Waals surface area contributed by atoms with E-state index >= 15 is 0 Å². The van der Waals surface area contributed by atoms with E-state index in [2.05, 4.69) is 123 Å². The van der Waals surface area contributed by atoms with Gasteiger partial charge in [0.2, 0.25) is 0 Å². The lowest BCUT2D eigenvalue weighted by Crippen LogP contribution is -2.30. The Labute approximate surface area is 201 Å². The first kappa shape index (κ1) is 21.1. The predicted octanol–water partition coefficient (Wildman–Crippen LogP) is 6.17. The van der Waals surface area contributed by atoms with Crippen molar-refractivity contribution in [1.29, 1.82) is 0 Å². The summed E-state index contributed by atoms with van der Waals surface area (Å²) >= 11 is 0. The number of hydrogen-bond donors (Lipinski definition) is 0.